The van der Waals surface area contributed by atoms with E-state index in [1.54, 1.807) is 24.1 Å². The van der Waals surface area contributed by atoms with Gasteiger partial charge in [0.15, 0.2) is 5.82 Å². The lowest BCUT2D eigenvalue weighted by Crippen LogP contribution is -2.49. The standard InChI is InChI=1S/C29H30ClFN6O3/c1-3-24(40)36-10-12-37(13-11-36)28-21-16-22(30)25(20-15-18(38)14-17-6-4-5-7-19(17)20)26(31)27(21)34-29(35-28)33-9-8-23(39)32-2/h4-7,14-16,38H,3,8-13H2,1-2H3,(H,32,39)(H,33,34,35). The van der Waals surface area contributed by atoms with Crippen LogP contribution in [0.2, 0.25) is 5.02 Å². The molecule has 3 aromatic carbocycles. The van der Waals surface area contributed by atoms with Gasteiger partial charge < -0.3 is 25.5 Å². The van der Waals surface area contributed by atoms with E-state index in [0.29, 0.717) is 49.4 Å². The Labute approximate surface area is 236 Å². The Kier molecular flexibility index (Phi) is 7.88. The highest BCUT2D eigenvalue weighted by atomic mass is 35.5. The quantitative estimate of drug-likeness (QED) is 0.302. The number of carbonyl (C=O) groups excluding carboxylic acids is 2. The van der Waals surface area contributed by atoms with Gasteiger partial charge in [0.25, 0.3) is 0 Å². The minimum Gasteiger partial charge on any atom is -0.508 e. The Balaban J connectivity index is 1.64. The van der Waals surface area contributed by atoms with Crippen molar-refractivity contribution in [3.05, 3.63) is 53.3 Å². The van der Waals surface area contributed by atoms with Gasteiger partial charge in [0, 0.05) is 63.6 Å². The number of halogens is 2. The summed E-state index contributed by atoms with van der Waals surface area (Å²) in [6, 6.07) is 12.1. The maximum Gasteiger partial charge on any atom is 0.225 e. The lowest BCUT2D eigenvalue weighted by molar-refractivity contribution is -0.131. The molecular weight excluding hydrogens is 535 g/mol. The fourth-order valence-electron chi connectivity index (χ4n) is 5.05. The highest BCUT2D eigenvalue weighted by molar-refractivity contribution is 6.35. The Morgan fingerprint density at radius 3 is 2.55 bits per heavy atom. The number of hydrogen-bond donors (Lipinski definition) is 3. The molecule has 1 aliphatic rings. The summed E-state index contributed by atoms with van der Waals surface area (Å²) in [6.07, 6.45) is 0.623. The van der Waals surface area contributed by atoms with Gasteiger partial charge in [0.1, 0.15) is 17.1 Å². The molecule has 0 aliphatic carbocycles. The van der Waals surface area contributed by atoms with Gasteiger partial charge in [-0.05, 0) is 34.5 Å². The predicted octanol–water partition coefficient (Wildman–Crippen LogP) is 4.55. The van der Waals surface area contributed by atoms with Crippen LogP contribution in [0.25, 0.3) is 32.8 Å². The summed E-state index contributed by atoms with van der Waals surface area (Å²) in [6.45, 7) is 4.13. The molecule has 2 amide bonds. The maximum absolute atomic E-state index is 16.5. The minimum absolute atomic E-state index is 0.0105. The van der Waals surface area contributed by atoms with Gasteiger partial charge in [-0.15, -0.1) is 0 Å². The topological polar surface area (TPSA) is 111 Å². The minimum atomic E-state index is -0.643. The van der Waals surface area contributed by atoms with Crippen molar-refractivity contribution >= 4 is 56.9 Å². The smallest absolute Gasteiger partial charge is 0.225 e. The number of anilines is 2. The zero-order chi connectivity index (χ0) is 28.4. The van der Waals surface area contributed by atoms with E-state index >= 15 is 4.39 Å². The number of nitrogens with one attached hydrogen (secondary N) is 2. The highest BCUT2D eigenvalue weighted by Gasteiger charge is 2.26. The predicted molar refractivity (Wildman–Crippen MR) is 155 cm³/mol. The Hall–Kier alpha value is -4.18. The van der Waals surface area contributed by atoms with E-state index in [1.807, 2.05) is 36.1 Å². The summed E-state index contributed by atoms with van der Waals surface area (Å²) < 4.78 is 16.5. The number of fused-ring (bicyclic) bond motifs is 2. The highest BCUT2D eigenvalue weighted by Crippen LogP contribution is 2.42. The Bertz CT molecular complexity index is 1610. The van der Waals surface area contributed by atoms with Crippen LogP contribution < -0.4 is 15.5 Å². The third-order valence-corrected chi connectivity index (χ3v) is 7.43. The molecule has 0 unspecified atom stereocenters. The fourth-order valence-corrected chi connectivity index (χ4v) is 5.35. The molecule has 9 nitrogen and oxygen atoms in total. The molecule has 40 heavy (non-hydrogen) atoms. The summed E-state index contributed by atoms with van der Waals surface area (Å²) in [4.78, 5) is 36.9. The number of piperazine rings is 1. The van der Waals surface area contributed by atoms with Crippen LogP contribution in [0.1, 0.15) is 19.8 Å². The third kappa shape index (κ3) is 5.31. The molecule has 1 fully saturated rings. The van der Waals surface area contributed by atoms with Crippen molar-refractivity contribution in [3.8, 4) is 16.9 Å². The Morgan fingerprint density at radius 1 is 1.07 bits per heavy atom. The van der Waals surface area contributed by atoms with Crippen LogP contribution in [-0.4, -0.2) is 71.6 Å². The molecular formula is C29H30ClFN6O3. The first kappa shape index (κ1) is 27.4. The number of phenols is 1. The summed E-state index contributed by atoms with van der Waals surface area (Å²) in [7, 11) is 1.56. The first-order valence-electron chi connectivity index (χ1n) is 13.2. The van der Waals surface area contributed by atoms with Crippen molar-refractivity contribution in [1.82, 2.24) is 20.2 Å². The summed E-state index contributed by atoms with van der Waals surface area (Å²) in [5.74, 6) is -0.0580. The lowest BCUT2D eigenvalue weighted by Gasteiger charge is -2.36. The van der Waals surface area contributed by atoms with E-state index in [-0.39, 0.29) is 52.6 Å². The number of nitrogens with zero attached hydrogens (tertiary/aromatic N) is 4. The molecule has 0 atom stereocenters. The zero-order valence-electron chi connectivity index (χ0n) is 22.3. The van der Waals surface area contributed by atoms with Crippen molar-refractivity contribution in [3.63, 3.8) is 0 Å². The number of hydrogen-bond acceptors (Lipinski definition) is 7. The summed E-state index contributed by atoms with van der Waals surface area (Å²) in [5.41, 5.74) is 0.632. The van der Waals surface area contributed by atoms with Gasteiger partial charge in [-0.3, -0.25) is 9.59 Å². The van der Waals surface area contributed by atoms with Gasteiger partial charge >= 0.3 is 0 Å². The number of aromatic hydroxyl groups is 1. The van der Waals surface area contributed by atoms with E-state index in [1.165, 1.54) is 6.07 Å². The van der Waals surface area contributed by atoms with Crippen LogP contribution in [0.15, 0.2) is 42.5 Å². The molecule has 1 saturated heterocycles. The Morgan fingerprint density at radius 2 is 1.82 bits per heavy atom. The number of aromatic nitrogens is 2. The molecule has 1 aliphatic heterocycles. The van der Waals surface area contributed by atoms with Crippen LogP contribution in [0.5, 0.6) is 5.75 Å². The first-order valence-corrected chi connectivity index (χ1v) is 13.6. The largest absolute Gasteiger partial charge is 0.508 e. The monoisotopic (exact) mass is 564 g/mol. The van der Waals surface area contributed by atoms with E-state index in [4.69, 9.17) is 11.6 Å². The van der Waals surface area contributed by atoms with Crippen molar-refractivity contribution in [1.29, 1.82) is 0 Å². The van der Waals surface area contributed by atoms with Gasteiger partial charge in [0.05, 0.1) is 5.02 Å². The van der Waals surface area contributed by atoms with Gasteiger partial charge in [0.2, 0.25) is 17.8 Å². The molecule has 5 rings (SSSR count). The number of rotatable bonds is 7. The van der Waals surface area contributed by atoms with Crippen molar-refractivity contribution in [2.75, 3.05) is 50.0 Å². The second-order valence-corrected chi connectivity index (χ2v) is 10.0. The van der Waals surface area contributed by atoms with Crippen LogP contribution in [-0.2, 0) is 9.59 Å². The second-order valence-electron chi connectivity index (χ2n) is 9.60. The fraction of sp³-hybridized carbons (Fsp3) is 0.310. The van der Waals surface area contributed by atoms with Crippen molar-refractivity contribution in [2.45, 2.75) is 19.8 Å². The average Bonchev–Trinajstić information content (AvgIpc) is 2.96. The molecule has 1 aromatic heterocycles. The second kappa shape index (κ2) is 11.5. The SMILES string of the molecule is CCC(=O)N1CCN(c2nc(NCCC(=O)NC)nc3c(F)c(-c4cc(O)cc5ccccc45)c(Cl)cc23)CC1. The zero-order valence-corrected chi connectivity index (χ0v) is 23.1. The molecule has 0 bridgehead atoms. The van der Waals surface area contributed by atoms with E-state index in [0.717, 1.165) is 10.8 Å². The number of carbonyl (C=O) groups is 2. The normalized spacial score (nSPS) is 13.6. The number of benzene rings is 3. The van der Waals surface area contributed by atoms with Gasteiger partial charge in [-0.2, -0.15) is 4.98 Å². The number of amides is 2. The molecule has 0 saturated carbocycles. The van der Waals surface area contributed by atoms with Gasteiger partial charge in [-0.25, -0.2) is 9.37 Å². The first-order chi connectivity index (χ1) is 19.3. The van der Waals surface area contributed by atoms with Crippen molar-refractivity contribution in [2.24, 2.45) is 0 Å². The molecule has 4 aromatic rings. The van der Waals surface area contributed by atoms with Crippen molar-refractivity contribution < 1.29 is 19.1 Å². The van der Waals surface area contributed by atoms with Crippen LogP contribution in [0, 0.1) is 5.82 Å². The molecule has 2 heterocycles. The van der Waals surface area contributed by atoms with Crippen LogP contribution >= 0.6 is 11.6 Å². The van der Waals surface area contributed by atoms with Crippen LogP contribution in [0.4, 0.5) is 16.2 Å². The molecule has 208 valence electrons. The summed E-state index contributed by atoms with van der Waals surface area (Å²) >= 11 is 6.76. The van der Waals surface area contributed by atoms with Crippen LogP contribution in [0.3, 0.4) is 0 Å². The third-order valence-electron chi connectivity index (χ3n) is 7.13. The summed E-state index contributed by atoms with van der Waals surface area (Å²) in [5, 5.41) is 18.1. The number of phenolic OH excluding ortho intramolecular Hbond substituents is 1. The van der Waals surface area contributed by atoms with E-state index in [9.17, 15) is 14.7 Å². The molecule has 0 spiro atoms. The molecule has 3 N–H and O–H groups in total. The molecule has 11 heteroatoms. The van der Waals surface area contributed by atoms with Gasteiger partial charge in [-0.1, -0.05) is 42.8 Å². The van der Waals surface area contributed by atoms with E-state index < -0.39 is 5.82 Å². The maximum atomic E-state index is 16.5. The molecule has 0 radical (unpaired) electrons. The lowest BCUT2D eigenvalue weighted by atomic mass is 9.96. The average molecular weight is 565 g/mol. The van der Waals surface area contributed by atoms with E-state index in [2.05, 4.69) is 20.6 Å².